The molecule has 1 aliphatic carbocycles. The molecule has 0 saturated heterocycles. The Bertz CT molecular complexity index is 399. The van der Waals surface area contributed by atoms with Gasteiger partial charge in [0.15, 0.2) is 0 Å². The van der Waals surface area contributed by atoms with Crippen molar-refractivity contribution in [1.29, 1.82) is 0 Å². The fraction of sp³-hybridized carbons (Fsp3) is 0.600. The van der Waals surface area contributed by atoms with E-state index >= 15 is 0 Å². The average molecular weight is 249 g/mol. The summed E-state index contributed by atoms with van der Waals surface area (Å²) in [5.74, 6) is 1.18. The molecular formula is C15H23NO2. The van der Waals surface area contributed by atoms with Gasteiger partial charge in [-0.25, -0.2) is 0 Å². The largest absolute Gasteiger partial charge is 0.508 e. The lowest BCUT2D eigenvalue weighted by Gasteiger charge is -2.25. The van der Waals surface area contributed by atoms with Gasteiger partial charge in [0.05, 0.1) is 0 Å². The number of phenolic OH excluding ortho intramolecular Hbond substituents is 2. The predicted octanol–water partition coefficient (Wildman–Crippen LogP) is 3.33. The third kappa shape index (κ3) is 2.96. The third-order valence-electron chi connectivity index (χ3n) is 4.10. The highest BCUT2D eigenvalue weighted by Gasteiger charge is 2.23. The number of rotatable bonds is 4. The van der Waals surface area contributed by atoms with Crippen molar-refractivity contribution in [3.8, 4) is 11.5 Å². The Balaban J connectivity index is 2.02. The highest BCUT2D eigenvalue weighted by molar-refractivity contribution is 5.40. The molecule has 2 rings (SSSR count). The Morgan fingerprint density at radius 1 is 1.17 bits per heavy atom. The summed E-state index contributed by atoms with van der Waals surface area (Å²) in [6.07, 6.45) is 5.27. The molecule has 0 aromatic heterocycles. The molecule has 1 aromatic carbocycles. The summed E-state index contributed by atoms with van der Waals surface area (Å²) in [5, 5.41) is 22.9. The van der Waals surface area contributed by atoms with Crippen LogP contribution in [0.25, 0.3) is 0 Å². The number of nitrogens with one attached hydrogen (secondary N) is 1. The van der Waals surface area contributed by atoms with Crippen molar-refractivity contribution in [3.05, 3.63) is 23.8 Å². The van der Waals surface area contributed by atoms with Gasteiger partial charge >= 0.3 is 0 Å². The van der Waals surface area contributed by atoms with Crippen molar-refractivity contribution in [2.75, 3.05) is 0 Å². The minimum Gasteiger partial charge on any atom is -0.508 e. The van der Waals surface area contributed by atoms with Crippen LogP contribution in [-0.2, 0) is 0 Å². The van der Waals surface area contributed by atoms with Crippen LogP contribution in [0, 0.1) is 5.92 Å². The van der Waals surface area contributed by atoms with Crippen LogP contribution in [0.2, 0.25) is 0 Å². The van der Waals surface area contributed by atoms with Crippen LogP contribution in [0.3, 0.4) is 0 Å². The van der Waals surface area contributed by atoms with E-state index in [4.69, 9.17) is 0 Å². The van der Waals surface area contributed by atoms with Crippen LogP contribution in [0.15, 0.2) is 18.2 Å². The highest BCUT2D eigenvalue weighted by atomic mass is 16.3. The first kappa shape index (κ1) is 13.2. The molecule has 0 radical (unpaired) electrons. The molecule has 0 spiro atoms. The SMILES string of the molecule is CC(N[C@H](C)C1CCCC1)c1cc(O)ccc1O. The average Bonchev–Trinajstić information content (AvgIpc) is 2.85. The fourth-order valence-electron chi connectivity index (χ4n) is 2.97. The maximum absolute atomic E-state index is 9.83. The maximum Gasteiger partial charge on any atom is 0.120 e. The lowest BCUT2D eigenvalue weighted by molar-refractivity contribution is 0.346. The quantitative estimate of drug-likeness (QED) is 0.717. The Labute approximate surface area is 109 Å². The Kier molecular flexibility index (Phi) is 4.12. The Hall–Kier alpha value is -1.22. The summed E-state index contributed by atoms with van der Waals surface area (Å²) < 4.78 is 0. The lowest BCUT2D eigenvalue weighted by atomic mass is 9.97. The number of aromatic hydroxyl groups is 2. The monoisotopic (exact) mass is 249 g/mol. The molecule has 1 unspecified atom stereocenters. The molecule has 1 fully saturated rings. The van der Waals surface area contributed by atoms with Gasteiger partial charge in [-0.1, -0.05) is 12.8 Å². The van der Waals surface area contributed by atoms with Gasteiger partial charge in [-0.15, -0.1) is 0 Å². The Morgan fingerprint density at radius 2 is 1.83 bits per heavy atom. The molecule has 3 N–H and O–H groups in total. The minimum atomic E-state index is 0.0488. The van der Waals surface area contributed by atoms with Crippen LogP contribution in [0.5, 0.6) is 11.5 Å². The molecule has 2 atom stereocenters. The number of hydrogen-bond donors (Lipinski definition) is 3. The van der Waals surface area contributed by atoms with Crippen molar-refractivity contribution in [2.45, 2.75) is 51.6 Å². The molecular weight excluding hydrogens is 226 g/mol. The Morgan fingerprint density at radius 3 is 2.50 bits per heavy atom. The topological polar surface area (TPSA) is 52.5 Å². The van der Waals surface area contributed by atoms with E-state index in [9.17, 15) is 10.2 Å². The molecule has 1 saturated carbocycles. The van der Waals surface area contributed by atoms with Crippen molar-refractivity contribution in [1.82, 2.24) is 5.32 Å². The summed E-state index contributed by atoms with van der Waals surface area (Å²) in [5.41, 5.74) is 0.764. The normalized spacial score (nSPS) is 19.9. The number of hydrogen-bond acceptors (Lipinski definition) is 3. The first-order valence-electron chi connectivity index (χ1n) is 6.86. The van der Waals surface area contributed by atoms with Gasteiger partial charge in [-0.2, -0.15) is 0 Å². The smallest absolute Gasteiger partial charge is 0.120 e. The second-order valence-corrected chi connectivity index (χ2v) is 5.46. The summed E-state index contributed by atoms with van der Waals surface area (Å²) >= 11 is 0. The van der Waals surface area contributed by atoms with E-state index in [1.165, 1.54) is 31.7 Å². The summed E-state index contributed by atoms with van der Waals surface area (Å²) in [4.78, 5) is 0. The molecule has 3 heteroatoms. The highest BCUT2D eigenvalue weighted by Crippen LogP contribution is 2.31. The molecule has 0 bridgehead atoms. The zero-order valence-corrected chi connectivity index (χ0v) is 11.2. The van der Waals surface area contributed by atoms with Crippen molar-refractivity contribution >= 4 is 0 Å². The number of phenols is 2. The summed E-state index contributed by atoms with van der Waals surface area (Å²) in [6.45, 7) is 4.24. The lowest BCUT2D eigenvalue weighted by Crippen LogP contribution is -2.34. The van der Waals surface area contributed by atoms with Crippen LogP contribution >= 0.6 is 0 Å². The van der Waals surface area contributed by atoms with Crippen LogP contribution in [0.1, 0.15) is 51.1 Å². The van der Waals surface area contributed by atoms with Gasteiger partial charge in [0.1, 0.15) is 11.5 Å². The van der Waals surface area contributed by atoms with Gasteiger partial charge in [0, 0.05) is 17.6 Å². The van der Waals surface area contributed by atoms with Gasteiger partial charge in [-0.05, 0) is 50.8 Å². The van der Waals surface area contributed by atoms with E-state index in [0.717, 1.165) is 11.5 Å². The zero-order valence-electron chi connectivity index (χ0n) is 11.2. The van der Waals surface area contributed by atoms with E-state index in [2.05, 4.69) is 12.2 Å². The number of benzene rings is 1. The molecule has 100 valence electrons. The van der Waals surface area contributed by atoms with Crippen LogP contribution in [-0.4, -0.2) is 16.3 Å². The van der Waals surface area contributed by atoms with Gasteiger partial charge in [0.2, 0.25) is 0 Å². The standard InChI is InChI=1S/C15H23NO2/c1-10(12-5-3-4-6-12)16-11(2)14-9-13(17)7-8-15(14)18/h7-12,16-18H,3-6H2,1-2H3/t10-,11?/m1/s1. The molecule has 0 aliphatic heterocycles. The first-order chi connectivity index (χ1) is 8.58. The maximum atomic E-state index is 9.83. The van der Waals surface area contributed by atoms with Gasteiger partial charge in [0.25, 0.3) is 0 Å². The van der Waals surface area contributed by atoms with Gasteiger partial charge < -0.3 is 15.5 Å². The molecule has 3 nitrogen and oxygen atoms in total. The van der Waals surface area contributed by atoms with E-state index in [0.29, 0.717) is 6.04 Å². The van der Waals surface area contributed by atoms with Crippen molar-refractivity contribution in [3.63, 3.8) is 0 Å². The molecule has 0 heterocycles. The molecule has 18 heavy (non-hydrogen) atoms. The van der Waals surface area contributed by atoms with Gasteiger partial charge in [-0.3, -0.25) is 0 Å². The molecule has 1 aliphatic rings. The van der Waals surface area contributed by atoms with E-state index < -0.39 is 0 Å². The van der Waals surface area contributed by atoms with Crippen LogP contribution in [0.4, 0.5) is 0 Å². The van der Waals surface area contributed by atoms with Crippen LogP contribution < -0.4 is 5.32 Å². The summed E-state index contributed by atoms with van der Waals surface area (Å²) in [6, 6.07) is 5.18. The predicted molar refractivity (Wildman–Crippen MR) is 72.7 cm³/mol. The van der Waals surface area contributed by atoms with Crippen molar-refractivity contribution < 1.29 is 10.2 Å². The second kappa shape index (κ2) is 5.61. The van der Waals surface area contributed by atoms with E-state index in [-0.39, 0.29) is 17.5 Å². The summed E-state index contributed by atoms with van der Waals surface area (Å²) in [7, 11) is 0. The zero-order chi connectivity index (χ0) is 13.1. The third-order valence-corrected chi connectivity index (χ3v) is 4.10. The van der Waals surface area contributed by atoms with E-state index in [1.54, 1.807) is 12.1 Å². The molecule has 1 aromatic rings. The molecule has 0 amide bonds. The second-order valence-electron chi connectivity index (χ2n) is 5.46. The van der Waals surface area contributed by atoms with E-state index in [1.807, 2.05) is 6.92 Å². The first-order valence-corrected chi connectivity index (χ1v) is 6.86. The minimum absolute atomic E-state index is 0.0488. The van der Waals surface area contributed by atoms with Crippen molar-refractivity contribution in [2.24, 2.45) is 5.92 Å². The fourth-order valence-corrected chi connectivity index (χ4v) is 2.97.